The van der Waals surface area contributed by atoms with Crippen LogP contribution in [0.2, 0.25) is 0 Å². The Hall–Kier alpha value is -1.44. The van der Waals surface area contributed by atoms with E-state index < -0.39 is 15.9 Å². The third-order valence-electron chi connectivity index (χ3n) is 3.99. The van der Waals surface area contributed by atoms with Gasteiger partial charge in [0.05, 0.1) is 11.7 Å². The van der Waals surface area contributed by atoms with Crippen LogP contribution in [0, 0.1) is 5.92 Å². The fourth-order valence-corrected chi connectivity index (χ4v) is 4.45. The molecule has 1 atom stereocenters. The summed E-state index contributed by atoms with van der Waals surface area (Å²) in [5.41, 5.74) is 1.03. The minimum absolute atomic E-state index is 0.134. The van der Waals surface area contributed by atoms with Gasteiger partial charge in [-0.3, -0.25) is 4.79 Å². The van der Waals surface area contributed by atoms with Gasteiger partial charge < -0.3 is 10.2 Å². The van der Waals surface area contributed by atoms with Gasteiger partial charge in [-0.1, -0.05) is 37.3 Å². The maximum Gasteiger partial charge on any atom is 0.226 e. The summed E-state index contributed by atoms with van der Waals surface area (Å²) in [6.07, 6.45) is 0. The van der Waals surface area contributed by atoms with Gasteiger partial charge in [-0.05, 0) is 5.56 Å². The lowest BCUT2D eigenvalue weighted by Crippen LogP contribution is -2.48. The standard InChI is InChI=1S/C16H25N3O3S/c1-14(13-23(21,22)19-10-8-17-9-11-19)16(20)18(2)12-15-6-4-3-5-7-15/h3-7,14,17H,8-13H2,1-2H3. The lowest BCUT2D eigenvalue weighted by atomic mass is 10.1. The van der Waals surface area contributed by atoms with Crippen molar-refractivity contribution in [2.24, 2.45) is 5.92 Å². The van der Waals surface area contributed by atoms with Crippen LogP contribution in [0.4, 0.5) is 0 Å². The first kappa shape index (κ1) is 17.9. The minimum Gasteiger partial charge on any atom is -0.341 e. The molecule has 0 aromatic heterocycles. The second-order valence-electron chi connectivity index (χ2n) is 6.01. The molecule has 23 heavy (non-hydrogen) atoms. The molecule has 6 nitrogen and oxygen atoms in total. The zero-order valence-electron chi connectivity index (χ0n) is 13.7. The quantitative estimate of drug-likeness (QED) is 0.820. The molecule has 1 aromatic rings. The van der Waals surface area contributed by atoms with Gasteiger partial charge >= 0.3 is 0 Å². The molecule has 1 amide bonds. The number of carbonyl (C=O) groups excluding carboxylic acids is 1. The topological polar surface area (TPSA) is 69.7 Å². The number of nitrogens with zero attached hydrogens (tertiary/aromatic N) is 2. The molecule has 1 aliphatic heterocycles. The third kappa shape index (κ3) is 5.02. The van der Waals surface area contributed by atoms with Crippen LogP contribution in [0.15, 0.2) is 30.3 Å². The highest BCUT2D eigenvalue weighted by molar-refractivity contribution is 7.89. The molecule has 1 N–H and O–H groups in total. The number of piperazine rings is 1. The molecule has 0 spiro atoms. The molecule has 2 rings (SSSR count). The van der Waals surface area contributed by atoms with Crippen LogP contribution >= 0.6 is 0 Å². The Labute approximate surface area is 138 Å². The Morgan fingerprint density at radius 3 is 2.48 bits per heavy atom. The van der Waals surface area contributed by atoms with E-state index in [0.29, 0.717) is 32.7 Å². The number of hydrogen-bond donors (Lipinski definition) is 1. The van der Waals surface area contributed by atoms with E-state index in [4.69, 9.17) is 0 Å². The molecule has 1 aromatic carbocycles. The van der Waals surface area contributed by atoms with E-state index in [0.717, 1.165) is 5.56 Å². The highest BCUT2D eigenvalue weighted by Gasteiger charge is 2.29. The molecule has 0 bridgehead atoms. The van der Waals surface area contributed by atoms with Gasteiger partial charge in [0.15, 0.2) is 0 Å². The molecule has 1 fully saturated rings. The van der Waals surface area contributed by atoms with E-state index in [2.05, 4.69) is 5.32 Å². The van der Waals surface area contributed by atoms with Crippen LogP contribution in [0.3, 0.4) is 0 Å². The largest absolute Gasteiger partial charge is 0.341 e. The zero-order chi connectivity index (χ0) is 16.9. The highest BCUT2D eigenvalue weighted by atomic mass is 32.2. The van der Waals surface area contributed by atoms with Gasteiger partial charge in [0.2, 0.25) is 15.9 Å². The Morgan fingerprint density at radius 1 is 1.26 bits per heavy atom. The number of amides is 1. The molecule has 1 aliphatic rings. The average molecular weight is 339 g/mol. The number of carbonyl (C=O) groups is 1. The second-order valence-corrected chi connectivity index (χ2v) is 8.02. The molecule has 1 saturated heterocycles. The predicted molar refractivity (Wildman–Crippen MR) is 90.3 cm³/mol. The summed E-state index contributed by atoms with van der Waals surface area (Å²) >= 11 is 0. The summed E-state index contributed by atoms with van der Waals surface area (Å²) in [5, 5.41) is 3.13. The van der Waals surface area contributed by atoms with Gasteiger partial charge in [-0.2, -0.15) is 4.31 Å². The summed E-state index contributed by atoms with van der Waals surface area (Å²) in [4.78, 5) is 14.0. The molecule has 7 heteroatoms. The van der Waals surface area contributed by atoms with Crippen LogP contribution in [0.5, 0.6) is 0 Å². The number of rotatable bonds is 6. The molecule has 0 aliphatic carbocycles. The first-order valence-electron chi connectivity index (χ1n) is 7.87. The Balaban J connectivity index is 1.93. The monoisotopic (exact) mass is 339 g/mol. The van der Waals surface area contributed by atoms with Crippen molar-refractivity contribution in [3.05, 3.63) is 35.9 Å². The van der Waals surface area contributed by atoms with Gasteiger partial charge in [0.25, 0.3) is 0 Å². The number of nitrogens with one attached hydrogen (secondary N) is 1. The SMILES string of the molecule is CC(CS(=O)(=O)N1CCNCC1)C(=O)N(C)Cc1ccccc1. The van der Waals surface area contributed by atoms with Crippen molar-refractivity contribution in [2.45, 2.75) is 13.5 Å². The van der Waals surface area contributed by atoms with E-state index in [-0.39, 0.29) is 11.7 Å². The minimum atomic E-state index is -3.39. The van der Waals surface area contributed by atoms with Crippen LogP contribution in [0.25, 0.3) is 0 Å². The number of hydrogen-bond acceptors (Lipinski definition) is 4. The van der Waals surface area contributed by atoms with Gasteiger partial charge in [-0.25, -0.2) is 8.42 Å². The Kier molecular flexibility index (Phi) is 6.15. The lowest BCUT2D eigenvalue weighted by molar-refractivity contribution is -0.133. The Bertz CT molecular complexity index is 613. The molecular formula is C16H25N3O3S. The highest BCUT2D eigenvalue weighted by Crippen LogP contribution is 2.12. The maximum absolute atomic E-state index is 12.4. The molecule has 1 unspecified atom stereocenters. The average Bonchev–Trinajstić information content (AvgIpc) is 2.55. The zero-order valence-corrected chi connectivity index (χ0v) is 14.6. The van der Waals surface area contributed by atoms with E-state index in [1.807, 2.05) is 30.3 Å². The van der Waals surface area contributed by atoms with Gasteiger partial charge in [0, 0.05) is 39.8 Å². The van der Waals surface area contributed by atoms with Crippen molar-refractivity contribution in [1.29, 1.82) is 0 Å². The second kappa shape index (κ2) is 7.90. The smallest absolute Gasteiger partial charge is 0.226 e. The number of sulfonamides is 1. The van der Waals surface area contributed by atoms with Crippen LogP contribution < -0.4 is 5.32 Å². The molecule has 128 valence electrons. The summed E-state index contributed by atoms with van der Waals surface area (Å²) in [6, 6.07) is 9.67. The van der Waals surface area contributed by atoms with E-state index in [1.54, 1.807) is 18.9 Å². The first-order chi connectivity index (χ1) is 10.9. The normalized spacial score (nSPS) is 17.7. The van der Waals surface area contributed by atoms with Gasteiger partial charge in [-0.15, -0.1) is 0 Å². The first-order valence-corrected chi connectivity index (χ1v) is 9.48. The molecular weight excluding hydrogens is 314 g/mol. The summed E-state index contributed by atoms with van der Waals surface area (Å²) < 4.78 is 26.3. The summed E-state index contributed by atoms with van der Waals surface area (Å²) in [7, 11) is -1.68. The van der Waals surface area contributed by atoms with Crippen molar-refractivity contribution in [2.75, 3.05) is 39.0 Å². The van der Waals surface area contributed by atoms with Crippen LogP contribution in [0.1, 0.15) is 12.5 Å². The summed E-state index contributed by atoms with van der Waals surface area (Å²) in [5.74, 6) is -0.832. The maximum atomic E-state index is 12.4. The fourth-order valence-electron chi connectivity index (χ4n) is 2.73. The van der Waals surface area contributed by atoms with Crippen molar-refractivity contribution in [3.8, 4) is 0 Å². The number of benzene rings is 1. The molecule has 0 radical (unpaired) electrons. The van der Waals surface area contributed by atoms with Crippen LogP contribution in [-0.2, 0) is 21.4 Å². The fraction of sp³-hybridized carbons (Fsp3) is 0.562. The Morgan fingerprint density at radius 2 is 1.87 bits per heavy atom. The van der Waals surface area contributed by atoms with Crippen LogP contribution in [-0.4, -0.2) is 62.5 Å². The summed E-state index contributed by atoms with van der Waals surface area (Å²) in [6.45, 7) is 4.44. The van der Waals surface area contributed by atoms with E-state index in [1.165, 1.54) is 4.31 Å². The van der Waals surface area contributed by atoms with Gasteiger partial charge in [0.1, 0.15) is 0 Å². The third-order valence-corrected chi connectivity index (χ3v) is 6.06. The van der Waals surface area contributed by atoms with Crippen molar-refractivity contribution in [3.63, 3.8) is 0 Å². The molecule has 0 saturated carbocycles. The van der Waals surface area contributed by atoms with Crippen molar-refractivity contribution < 1.29 is 13.2 Å². The van der Waals surface area contributed by atoms with Crippen molar-refractivity contribution >= 4 is 15.9 Å². The lowest BCUT2D eigenvalue weighted by Gasteiger charge is -2.28. The predicted octanol–water partition coefficient (Wildman–Crippen LogP) is 0.516. The van der Waals surface area contributed by atoms with Crippen molar-refractivity contribution in [1.82, 2.24) is 14.5 Å². The molecule has 1 heterocycles. The van der Waals surface area contributed by atoms with E-state index in [9.17, 15) is 13.2 Å². The van der Waals surface area contributed by atoms with E-state index >= 15 is 0 Å².